The van der Waals surface area contributed by atoms with E-state index in [1.54, 1.807) is 6.07 Å². The second-order valence-corrected chi connectivity index (χ2v) is 3.92. The first kappa shape index (κ1) is 10.0. The maximum atomic E-state index is 12.9. The number of benzene rings is 1. The third kappa shape index (κ3) is 1.80. The summed E-state index contributed by atoms with van der Waals surface area (Å²) in [4.78, 5) is 6.07. The maximum absolute atomic E-state index is 12.9. The van der Waals surface area contributed by atoms with Gasteiger partial charge in [0.2, 0.25) is 0 Å². The second-order valence-electron chi connectivity index (χ2n) is 3.92. The van der Waals surface area contributed by atoms with Gasteiger partial charge < -0.3 is 4.90 Å². The van der Waals surface area contributed by atoms with Crippen LogP contribution in [0, 0.1) is 5.82 Å². The van der Waals surface area contributed by atoms with E-state index in [0.717, 1.165) is 17.9 Å². The molecule has 0 bridgehead atoms. The van der Waals surface area contributed by atoms with Crippen molar-refractivity contribution in [1.82, 2.24) is 4.98 Å². The SMILES string of the molecule is Fc1ccc(N2C=CCc3ccccc32)nc1. The number of anilines is 2. The second kappa shape index (κ2) is 4.01. The van der Waals surface area contributed by atoms with Crippen molar-refractivity contribution >= 4 is 11.5 Å². The Morgan fingerprint density at radius 1 is 1.12 bits per heavy atom. The van der Waals surface area contributed by atoms with Crippen LogP contribution >= 0.6 is 0 Å². The van der Waals surface area contributed by atoms with Gasteiger partial charge in [0.1, 0.15) is 11.6 Å². The molecule has 0 aliphatic carbocycles. The molecule has 0 amide bonds. The lowest BCUT2D eigenvalue weighted by Gasteiger charge is -2.25. The van der Waals surface area contributed by atoms with Gasteiger partial charge in [-0.15, -0.1) is 0 Å². The topological polar surface area (TPSA) is 16.1 Å². The number of pyridine rings is 1. The Bertz CT molecular complexity index is 561. The molecule has 1 aromatic heterocycles. The molecule has 1 aliphatic rings. The minimum absolute atomic E-state index is 0.317. The van der Waals surface area contributed by atoms with Crippen molar-refractivity contribution in [2.24, 2.45) is 0 Å². The van der Waals surface area contributed by atoms with E-state index in [0.29, 0.717) is 0 Å². The summed E-state index contributed by atoms with van der Waals surface area (Å²) in [6.07, 6.45) is 6.21. The van der Waals surface area contributed by atoms with Crippen molar-refractivity contribution in [3.63, 3.8) is 0 Å². The molecule has 1 aliphatic heterocycles. The van der Waals surface area contributed by atoms with Gasteiger partial charge in [0.15, 0.2) is 0 Å². The van der Waals surface area contributed by atoms with Crippen LogP contribution in [0.5, 0.6) is 0 Å². The number of allylic oxidation sites excluding steroid dienone is 1. The zero-order chi connectivity index (χ0) is 11.7. The van der Waals surface area contributed by atoms with Crippen molar-refractivity contribution in [2.75, 3.05) is 4.90 Å². The summed E-state index contributed by atoms with van der Waals surface area (Å²) >= 11 is 0. The van der Waals surface area contributed by atoms with Crippen LogP contribution in [-0.4, -0.2) is 4.98 Å². The molecule has 0 saturated carbocycles. The number of fused-ring (bicyclic) bond motifs is 1. The number of para-hydroxylation sites is 1. The van der Waals surface area contributed by atoms with Crippen LogP contribution in [-0.2, 0) is 6.42 Å². The number of halogens is 1. The fourth-order valence-corrected chi connectivity index (χ4v) is 1.99. The van der Waals surface area contributed by atoms with Gasteiger partial charge in [-0.1, -0.05) is 24.3 Å². The van der Waals surface area contributed by atoms with E-state index in [-0.39, 0.29) is 5.82 Å². The summed E-state index contributed by atoms with van der Waals surface area (Å²) < 4.78 is 12.9. The molecule has 0 fully saturated rings. The minimum Gasteiger partial charge on any atom is -0.302 e. The van der Waals surface area contributed by atoms with E-state index >= 15 is 0 Å². The number of hydrogen-bond acceptors (Lipinski definition) is 2. The first-order valence-corrected chi connectivity index (χ1v) is 5.50. The zero-order valence-electron chi connectivity index (χ0n) is 9.18. The van der Waals surface area contributed by atoms with Gasteiger partial charge in [-0.25, -0.2) is 9.37 Å². The molecule has 2 nitrogen and oxygen atoms in total. The van der Waals surface area contributed by atoms with Crippen molar-refractivity contribution < 1.29 is 4.39 Å². The average Bonchev–Trinajstić information content (AvgIpc) is 2.39. The molecule has 17 heavy (non-hydrogen) atoms. The molecule has 1 aromatic carbocycles. The molecule has 84 valence electrons. The van der Waals surface area contributed by atoms with Gasteiger partial charge in [0.05, 0.1) is 11.9 Å². The molecule has 2 heterocycles. The number of rotatable bonds is 1. The molecule has 0 saturated heterocycles. The highest BCUT2D eigenvalue weighted by Crippen LogP contribution is 2.30. The smallest absolute Gasteiger partial charge is 0.141 e. The molecule has 0 atom stereocenters. The summed E-state index contributed by atoms with van der Waals surface area (Å²) in [5, 5.41) is 0. The van der Waals surface area contributed by atoms with Crippen LogP contribution in [0.25, 0.3) is 0 Å². The predicted molar refractivity (Wildman–Crippen MR) is 65.6 cm³/mol. The highest BCUT2D eigenvalue weighted by atomic mass is 19.1. The Balaban J connectivity index is 2.06. The largest absolute Gasteiger partial charge is 0.302 e. The van der Waals surface area contributed by atoms with Crippen LogP contribution < -0.4 is 4.90 Å². The van der Waals surface area contributed by atoms with Crippen LogP contribution in [0.1, 0.15) is 5.56 Å². The summed E-state index contributed by atoms with van der Waals surface area (Å²) in [6.45, 7) is 0. The fraction of sp³-hybridized carbons (Fsp3) is 0.0714. The van der Waals surface area contributed by atoms with Crippen molar-refractivity contribution in [3.05, 3.63) is 66.3 Å². The highest BCUT2D eigenvalue weighted by Gasteiger charge is 2.14. The van der Waals surface area contributed by atoms with E-state index in [2.05, 4.69) is 17.1 Å². The van der Waals surface area contributed by atoms with Gasteiger partial charge in [-0.2, -0.15) is 0 Å². The summed E-state index contributed by atoms with van der Waals surface area (Å²) in [5.74, 6) is 0.415. The molecule has 3 rings (SSSR count). The van der Waals surface area contributed by atoms with Crippen LogP contribution in [0.15, 0.2) is 54.9 Å². The third-order valence-electron chi connectivity index (χ3n) is 2.80. The zero-order valence-corrected chi connectivity index (χ0v) is 9.18. The van der Waals surface area contributed by atoms with Gasteiger partial charge in [-0.3, -0.25) is 0 Å². The van der Waals surface area contributed by atoms with Crippen molar-refractivity contribution in [3.8, 4) is 0 Å². The Labute approximate surface area is 99.0 Å². The quantitative estimate of drug-likeness (QED) is 0.740. The molecule has 0 radical (unpaired) electrons. The molecule has 0 unspecified atom stereocenters. The lowest BCUT2D eigenvalue weighted by atomic mass is 10.1. The highest BCUT2D eigenvalue weighted by molar-refractivity contribution is 5.68. The summed E-state index contributed by atoms with van der Waals surface area (Å²) in [5.41, 5.74) is 2.36. The normalized spacial score (nSPS) is 13.6. The molecule has 2 aromatic rings. The van der Waals surface area contributed by atoms with Crippen molar-refractivity contribution in [1.29, 1.82) is 0 Å². The van der Waals surface area contributed by atoms with E-state index in [1.807, 2.05) is 29.3 Å². The van der Waals surface area contributed by atoms with E-state index < -0.39 is 0 Å². The third-order valence-corrected chi connectivity index (χ3v) is 2.80. The van der Waals surface area contributed by atoms with Gasteiger partial charge in [0, 0.05) is 6.20 Å². The Morgan fingerprint density at radius 2 is 2.00 bits per heavy atom. The van der Waals surface area contributed by atoms with E-state index in [4.69, 9.17) is 0 Å². The van der Waals surface area contributed by atoms with Crippen molar-refractivity contribution in [2.45, 2.75) is 6.42 Å². The molecular weight excluding hydrogens is 215 g/mol. The van der Waals surface area contributed by atoms with Gasteiger partial charge in [0.25, 0.3) is 0 Å². The van der Waals surface area contributed by atoms with E-state index in [1.165, 1.54) is 17.8 Å². The van der Waals surface area contributed by atoms with Crippen LogP contribution in [0.3, 0.4) is 0 Å². The minimum atomic E-state index is -0.317. The number of hydrogen-bond donors (Lipinski definition) is 0. The standard InChI is InChI=1S/C14H11FN2/c15-12-7-8-14(16-10-12)17-9-3-5-11-4-1-2-6-13(11)17/h1-4,6-10H,5H2. The lowest BCUT2D eigenvalue weighted by Crippen LogP contribution is -2.15. The Morgan fingerprint density at radius 3 is 2.82 bits per heavy atom. The van der Waals surface area contributed by atoms with E-state index in [9.17, 15) is 4.39 Å². The number of nitrogens with zero attached hydrogens (tertiary/aromatic N) is 2. The molecule has 0 spiro atoms. The summed E-state index contributed by atoms with van der Waals surface area (Å²) in [6, 6.07) is 11.3. The van der Waals surface area contributed by atoms with Gasteiger partial charge >= 0.3 is 0 Å². The van der Waals surface area contributed by atoms with Crippen LogP contribution in [0.2, 0.25) is 0 Å². The average molecular weight is 226 g/mol. The molecular formula is C14H11FN2. The molecule has 3 heteroatoms. The predicted octanol–water partition coefficient (Wildman–Crippen LogP) is 3.43. The monoisotopic (exact) mass is 226 g/mol. The molecule has 0 N–H and O–H groups in total. The van der Waals surface area contributed by atoms with Crippen LogP contribution in [0.4, 0.5) is 15.9 Å². The summed E-state index contributed by atoms with van der Waals surface area (Å²) in [7, 11) is 0. The lowest BCUT2D eigenvalue weighted by molar-refractivity contribution is 0.621. The first-order chi connectivity index (χ1) is 8.34. The Kier molecular flexibility index (Phi) is 2.37. The Hall–Kier alpha value is -2.16. The number of aromatic nitrogens is 1. The van der Waals surface area contributed by atoms with Gasteiger partial charge in [-0.05, 0) is 30.2 Å². The first-order valence-electron chi connectivity index (χ1n) is 5.50. The maximum Gasteiger partial charge on any atom is 0.141 e. The fourth-order valence-electron chi connectivity index (χ4n) is 1.99.